The van der Waals surface area contributed by atoms with Crippen molar-refractivity contribution in [1.29, 1.82) is 0 Å². The van der Waals surface area contributed by atoms with Crippen LogP contribution in [-0.4, -0.2) is 47.7 Å². The Morgan fingerprint density at radius 1 is 1.16 bits per heavy atom. The third kappa shape index (κ3) is 4.98. The maximum Gasteiger partial charge on any atom is 0.226 e. The van der Waals surface area contributed by atoms with Crippen LogP contribution in [-0.2, 0) is 4.79 Å². The van der Waals surface area contributed by atoms with E-state index in [0.717, 1.165) is 42.2 Å². The van der Waals surface area contributed by atoms with Crippen LogP contribution in [0.1, 0.15) is 6.92 Å². The number of carbonyl (C=O) groups excluding carboxylic acids is 1. The largest absolute Gasteiger partial charge is 0.353 e. The Kier molecular flexibility index (Phi) is 6.37. The van der Waals surface area contributed by atoms with E-state index in [9.17, 15) is 4.79 Å². The van der Waals surface area contributed by atoms with Crippen LogP contribution in [0.15, 0.2) is 58.0 Å². The lowest BCUT2D eigenvalue weighted by molar-refractivity contribution is -0.134. The topological polar surface area (TPSA) is 36.4 Å². The van der Waals surface area contributed by atoms with Crippen LogP contribution in [0.4, 0.5) is 5.82 Å². The molecule has 1 aromatic carbocycles. The van der Waals surface area contributed by atoms with Crippen molar-refractivity contribution in [2.24, 2.45) is 5.92 Å². The van der Waals surface area contributed by atoms with Gasteiger partial charge in [-0.15, -0.1) is 11.8 Å². The highest BCUT2D eigenvalue weighted by atomic mass is 79.9. The molecule has 4 nitrogen and oxygen atoms in total. The van der Waals surface area contributed by atoms with E-state index in [2.05, 4.69) is 37.9 Å². The van der Waals surface area contributed by atoms with Crippen LogP contribution in [0.3, 0.4) is 0 Å². The van der Waals surface area contributed by atoms with Crippen molar-refractivity contribution in [3.63, 3.8) is 0 Å². The van der Waals surface area contributed by atoms with Crippen LogP contribution < -0.4 is 4.90 Å². The van der Waals surface area contributed by atoms with Crippen molar-refractivity contribution in [3.8, 4) is 0 Å². The lowest BCUT2D eigenvalue weighted by Gasteiger charge is -2.36. The third-order valence-electron chi connectivity index (χ3n) is 4.29. The molecule has 1 fully saturated rings. The highest BCUT2D eigenvalue weighted by Crippen LogP contribution is 2.22. The molecule has 0 aliphatic carbocycles. The maximum atomic E-state index is 12.7. The summed E-state index contributed by atoms with van der Waals surface area (Å²) in [7, 11) is 0. The van der Waals surface area contributed by atoms with E-state index >= 15 is 0 Å². The quantitative estimate of drug-likeness (QED) is 0.688. The highest BCUT2D eigenvalue weighted by Gasteiger charge is 2.25. The number of hydrogen-bond acceptors (Lipinski definition) is 4. The molecule has 0 N–H and O–H groups in total. The van der Waals surface area contributed by atoms with Gasteiger partial charge in [0.15, 0.2) is 0 Å². The number of rotatable bonds is 5. The summed E-state index contributed by atoms with van der Waals surface area (Å²) in [5.41, 5.74) is 0. The lowest BCUT2D eigenvalue weighted by atomic mass is 10.1. The van der Waals surface area contributed by atoms with Gasteiger partial charge in [-0.2, -0.15) is 0 Å². The first-order valence-corrected chi connectivity index (χ1v) is 10.2. The molecule has 2 heterocycles. The number of halogens is 1. The molecule has 1 saturated heterocycles. The van der Waals surface area contributed by atoms with E-state index in [1.165, 1.54) is 4.90 Å². The normalized spacial score (nSPS) is 15.9. The van der Waals surface area contributed by atoms with E-state index in [-0.39, 0.29) is 11.8 Å². The van der Waals surface area contributed by atoms with E-state index < -0.39 is 0 Å². The summed E-state index contributed by atoms with van der Waals surface area (Å²) in [4.78, 5) is 22.6. The molecule has 0 radical (unpaired) electrons. The highest BCUT2D eigenvalue weighted by molar-refractivity contribution is 9.10. The fourth-order valence-corrected chi connectivity index (χ4v) is 4.00. The van der Waals surface area contributed by atoms with Crippen molar-refractivity contribution < 1.29 is 4.79 Å². The van der Waals surface area contributed by atoms with Gasteiger partial charge >= 0.3 is 0 Å². The van der Waals surface area contributed by atoms with E-state index in [4.69, 9.17) is 0 Å². The fourth-order valence-electron chi connectivity index (χ4n) is 2.83. The van der Waals surface area contributed by atoms with Crippen LogP contribution in [0, 0.1) is 5.92 Å². The smallest absolute Gasteiger partial charge is 0.226 e. The SMILES string of the molecule is CC(CSc1ccccc1)C(=O)N1CCN(c2ccc(Br)cn2)CC1. The second kappa shape index (κ2) is 8.72. The average Bonchev–Trinajstić information content (AvgIpc) is 2.67. The molecule has 1 unspecified atom stereocenters. The van der Waals surface area contributed by atoms with Gasteiger partial charge in [0.05, 0.1) is 0 Å². The Labute approximate surface area is 161 Å². The van der Waals surface area contributed by atoms with Crippen molar-refractivity contribution in [2.75, 3.05) is 36.8 Å². The Morgan fingerprint density at radius 2 is 1.88 bits per heavy atom. The number of aromatic nitrogens is 1. The predicted molar refractivity (Wildman–Crippen MR) is 107 cm³/mol. The maximum absolute atomic E-state index is 12.7. The number of piperazine rings is 1. The first-order valence-electron chi connectivity index (χ1n) is 8.46. The average molecular weight is 420 g/mol. The summed E-state index contributed by atoms with van der Waals surface area (Å²) in [6, 6.07) is 14.3. The number of nitrogens with zero attached hydrogens (tertiary/aromatic N) is 3. The van der Waals surface area contributed by atoms with Crippen LogP contribution in [0.5, 0.6) is 0 Å². The Morgan fingerprint density at radius 3 is 2.52 bits per heavy atom. The van der Waals surface area contributed by atoms with Gasteiger partial charge in [-0.05, 0) is 40.2 Å². The fraction of sp³-hybridized carbons (Fsp3) is 0.368. The summed E-state index contributed by atoms with van der Waals surface area (Å²) in [6.07, 6.45) is 1.82. The zero-order chi connectivity index (χ0) is 17.6. The number of benzene rings is 1. The zero-order valence-electron chi connectivity index (χ0n) is 14.3. The Balaban J connectivity index is 1.48. The molecular weight excluding hydrogens is 398 g/mol. The molecule has 0 bridgehead atoms. The van der Waals surface area contributed by atoms with Crippen molar-refractivity contribution in [3.05, 3.63) is 53.1 Å². The van der Waals surface area contributed by atoms with Gasteiger partial charge in [0.2, 0.25) is 5.91 Å². The summed E-state index contributed by atoms with van der Waals surface area (Å²) in [5.74, 6) is 2.08. The molecule has 1 aromatic heterocycles. The molecule has 2 aromatic rings. The minimum absolute atomic E-state index is 0.0301. The number of anilines is 1. The first kappa shape index (κ1) is 18.3. The van der Waals surface area contributed by atoms with Crippen molar-refractivity contribution >= 4 is 39.4 Å². The van der Waals surface area contributed by atoms with Gasteiger partial charge in [-0.1, -0.05) is 25.1 Å². The van der Waals surface area contributed by atoms with Gasteiger partial charge in [0, 0.05) is 53.4 Å². The molecular formula is C19H22BrN3OS. The Hall–Kier alpha value is -1.53. The Bertz CT molecular complexity index is 688. The molecule has 0 saturated carbocycles. The summed E-state index contributed by atoms with van der Waals surface area (Å²) in [6.45, 7) is 5.21. The number of pyridine rings is 1. The zero-order valence-corrected chi connectivity index (χ0v) is 16.7. The minimum atomic E-state index is 0.0301. The number of carbonyl (C=O) groups is 1. The molecule has 1 amide bonds. The minimum Gasteiger partial charge on any atom is -0.353 e. The van der Waals surface area contributed by atoms with E-state index in [1.807, 2.05) is 48.4 Å². The van der Waals surface area contributed by atoms with Gasteiger partial charge in [0.25, 0.3) is 0 Å². The molecule has 1 aliphatic rings. The van der Waals surface area contributed by atoms with Crippen LogP contribution in [0.25, 0.3) is 0 Å². The number of thioether (sulfide) groups is 1. The van der Waals surface area contributed by atoms with E-state index in [1.54, 1.807) is 11.8 Å². The first-order chi connectivity index (χ1) is 12.1. The van der Waals surface area contributed by atoms with E-state index in [0.29, 0.717) is 0 Å². The van der Waals surface area contributed by atoms with Crippen LogP contribution >= 0.6 is 27.7 Å². The van der Waals surface area contributed by atoms with Crippen molar-refractivity contribution in [2.45, 2.75) is 11.8 Å². The molecule has 1 aliphatic heterocycles. The second-order valence-corrected chi connectivity index (χ2v) is 8.18. The van der Waals surface area contributed by atoms with Gasteiger partial charge < -0.3 is 9.80 Å². The van der Waals surface area contributed by atoms with Gasteiger partial charge in [0.1, 0.15) is 5.82 Å². The second-order valence-electron chi connectivity index (χ2n) is 6.17. The number of hydrogen-bond donors (Lipinski definition) is 0. The summed E-state index contributed by atoms with van der Waals surface area (Å²) < 4.78 is 0.981. The third-order valence-corrected chi connectivity index (χ3v) is 6.03. The lowest BCUT2D eigenvalue weighted by Crippen LogP contribution is -2.50. The summed E-state index contributed by atoms with van der Waals surface area (Å²) >= 11 is 5.16. The standard InChI is InChI=1S/C19H22BrN3OS/c1-15(14-25-17-5-3-2-4-6-17)19(24)23-11-9-22(10-12-23)18-8-7-16(20)13-21-18/h2-8,13,15H,9-12,14H2,1H3. The monoisotopic (exact) mass is 419 g/mol. The van der Waals surface area contributed by atoms with Gasteiger partial charge in [-0.3, -0.25) is 4.79 Å². The molecule has 6 heteroatoms. The predicted octanol–water partition coefficient (Wildman–Crippen LogP) is 3.92. The molecule has 132 valence electrons. The molecule has 3 rings (SSSR count). The molecule has 1 atom stereocenters. The van der Waals surface area contributed by atoms with Gasteiger partial charge in [-0.25, -0.2) is 4.98 Å². The summed E-state index contributed by atoms with van der Waals surface area (Å²) in [5, 5.41) is 0. The van der Waals surface area contributed by atoms with Crippen molar-refractivity contribution in [1.82, 2.24) is 9.88 Å². The number of amides is 1. The van der Waals surface area contributed by atoms with Crippen LogP contribution in [0.2, 0.25) is 0 Å². The molecule has 0 spiro atoms. The molecule has 25 heavy (non-hydrogen) atoms.